The van der Waals surface area contributed by atoms with Gasteiger partial charge in [-0.05, 0) is 86.3 Å². The number of ether oxygens (including phenoxy) is 2. The van der Waals surface area contributed by atoms with Crippen molar-refractivity contribution in [1.82, 2.24) is 5.32 Å². The molecule has 1 fully saturated rings. The van der Waals surface area contributed by atoms with E-state index < -0.39 is 0 Å². The van der Waals surface area contributed by atoms with Gasteiger partial charge < -0.3 is 20.1 Å². The van der Waals surface area contributed by atoms with Crippen molar-refractivity contribution in [1.29, 1.82) is 0 Å². The molecule has 0 spiro atoms. The molecule has 4 nitrogen and oxygen atoms in total. The SMILES string of the molecule is COc1ccc(CCNC(=S)Nc2ccc(OC3CCCC3)cc2)cc1. The van der Waals surface area contributed by atoms with Crippen LogP contribution in [0.5, 0.6) is 11.5 Å². The lowest BCUT2D eigenvalue weighted by Gasteiger charge is -2.14. The molecular weight excluding hydrogens is 344 g/mol. The lowest BCUT2D eigenvalue weighted by atomic mass is 10.1. The van der Waals surface area contributed by atoms with Crippen LogP contribution in [0, 0.1) is 0 Å². The van der Waals surface area contributed by atoms with E-state index in [0.717, 1.165) is 30.2 Å². The fraction of sp³-hybridized carbons (Fsp3) is 0.381. The van der Waals surface area contributed by atoms with Gasteiger partial charge in [0.2, 0.25) is 0 Å². The van der Waals surface area contributed by atoms with Crippen LogP contribution in [0.1, 0.15) is 31.2 Å². The van der Waals surface area contributed by atoms with E-state index in [2.05, 4.69) is 22.8 Å². The Balaban J connectivity index is 1.39. The fourth-order valence-electron chi connectivity index (χ4n) is 3.10. The monoisotopic (exact) mass is 370 g/mol. The van der Waals surface area contributed by atoms with Crippen LogP contribution >= 0.6 is 12.2 Å². The minimum Gasteiger partial charge on any atom is -0.497 e. The Morgan fingerprint density at radius 1 is 1.00 bits per heavy atom. The molecule has 138 valence electrons. The summed E-state index contributed by atoms with van der Waals surface area (Å²) in [6, 6.07) is 16.1. The van der Waals surface area contributed by atoms with Gasteiger partial charge in [-0.3, -0.25) is 0 Å². The highest BCUT2D eigenvalue weighted by atomic mass is 32.1. The molecule has 0 atom stereocenters. The molecule has 0 amide bonds. The van der Waals surface area contributed by atoms with E-state index in [0.29, 0.717) is 11.2 Å². The first kappa shape index (κ1) is 18.5. The second kappa shape index (κ2) is 9.43. The third kappa shape index (κ3) is 5.63. The molecule has 2 aromatic rings. The zero-order valence-electron chi connectivity index (χ0n) is 15.2. The van der Waals surface area contributed by atoms with Crippen LogP contribution in [0.4, 0.5) is 5.69 Å². The Kier molecular flexibility index (Phi) is 6.72. The minimum atomic E-state index is 0.384. The van der Waals surface area contributed by atoms with Crippen LogP contribution in [0.3, 0.4) is 0 Å². The van der Waals surface area contributed by atoms with Crippen molar-refractivity contribution in [3.8, 4) is 11.5 Å². The smallest absolute Gasteiger partial charge is 0.170 e. The molecule has 5 heteroatoms. The van der Waals surface area contributed by atoms with E-state index in [4.69, 9.17) is 21.7 Å². The minimum absolute atomic E-state index is 0.384. The highest BCUT2D eigenvalue weighted by molar-refractivity contribution is 7.80. The summed E-state index contributed by atoms with van der Waals surface area (Å²) in [4.78, 5) is 0. The van der Waals surface area contributed by atoms with Gasteiger partial charge in [0.15, 0.2) is 5.11 Å². The quantitative estimate of drug-likeness (QED) is 0.700. The molecule has 1 saturated carbocycles. The predicted molar refractivity (Wildman–Crippen MR) is 110 cm³/mol. The van der Waals surface area contributed by atoms with Gasteiger partial charge in [0.05, 0.1) is 13.2 Å². The second-order valence-corrected chi connectivity index (χ2v) is 6.94. The highest BCUT2D eigenvalue weighted by Crippen LogP contribution is 2.25. The van der Waals surface area contributed by atoms with Gasteiger partial charge in [-0.15, -0.1) is 0 Å². The van der Waals surface area contributed by atoms with Crippen LogP contribution in [0.2, 0.25) is 0 Å². The molecule has 1 aliphatic carbocycles. The Morgan fingerprint density at radius 3 is 2.31 bits per heavy atom. The van der Waals surface area contributed by atoms with Gasteiger partial charge in [-0.2, -0.15) is 0 Å². The van der Waals surface area contributed by atoms with Crippen LogP contribution in [-0.2, 0) is 6.42 Å². The molecular formula is C21H26N2O2S. The van der Waals surface area contributed by atoms with Crippen LogP contribution in [0.15, 0.2) is 48.5 Å². The molecule has 0 radical (unpaired) electrons. The first-order valence-electron chi connectivity index (χ1n) is 9.17. The molecule has 0 saturated heterocycles. The normalized spacial score (nSPS) is 14.0. The molecule has 3 rings (SSSR count). The number of rotatable bonds is 7. The van der Waals surface area contributed by atoms with E-state index in [1.54, 1.807) is 7.11 Å². The standard InChI is InChI=1S/C21H26N2O2S/c1-24-18-10-6-16(7-11-18)14-15-22-21(26)23-17-8-12-20(13-9-17)25-19-4-2-3-5-19/h6-13,19H,2-5,14-15H2,1H3,(H2,22,23,26). The van der Waals surface area contributed by atoms with E-state index in [1.165, 1.54) is 31.2 Å². The third-order valence-corrected chi connectivity index (χ3v) is 4.82. The predicted octanol–water partition coefficient (Wildman–Crippen LogP) is 4.55. The number of hydrogen-bond donors (Lipinski definition) is 2. The van der Waals surface area contributed by atoms with Crippen LogP contribution in [-0.4, -0.2) is 24.9 Å². The Morgan fingerprint density at radius 2 is 1.65 bits per heavy atom. The summed E-state index contributed by atoms with van der Waals surface area (Å²) >= 11 is 5.37. The first-order valence-corrected chi connectivity index (χ1v) is 9.58. The summed E-state index contributed by atoms with van der Waals surface area (Å²) < 4.78 is 11.1. The van der Waals surface area contributed by atoms with Crippen molar-refractivity contribution < 1.29 is 9.47 Å². The Labute approximate surface area is 160 Å². The molecule has 26 heavy (non-hydrogen) atoms. The zero-order valence-corrected chi connectivity index (χ0v) is 16.0. The van der Waals surface area contributed by atoms with Gasteiger partial charge in [-0.25, -0.2) is 0 Å². The molecule has 1 aliphatic rings. The first-order chi connectivity index (χ1) is 12.7. The largest absolute Gasteiger partial charge is 0.497 e. The number of anilines is 1. The molecule has 2 N–H and O–H groups in total. The number of methoxy groups -OCH3 is 1. The second-order valence-electron chi connectivity index (χ2n) is 6.53. The number of thiocarbonyl (C=S) groups is 1. The Hall–Kier alpha value is -2.27. The average Bonchev–Trinajstić information content (AvgIpc) is 3.17. The molecule has 0 bridgehead atoms. The van der Waals surface area contributed by atoms with Gasteiger partial charge >= 0.3 is 0 Å². The maximum Gasteiger partial charge on any atom is 0.170 e. The molecule has 0 aliphatic heterocycles. The van der Waals surface area contributed by atoms with Crippen LogP contribution in [0.25, 0.3) is 0 Å². The van der Waals surface area contributed by atoms with Crippen molar-refractivity contribution in [3.63, 3.8) is 0 Å². The molecule has 2 aromatic carbocycles. The van der Waals surface area contributed by atoms with E-state index in [9.17, 15) is 0 Å². The lowest BCUT2D eigenvalue weighted by Crippen LogP contribution is -2.30. The number of nitrogens with one attached hydrogen (secondary N) is 2. The molecule has 0 aromatic heterocycles. The summed E-state index contributed by atoms with van der Waals surface area (Å²) in [6.07, 6.45) is 6.18. The fourth-order valence-corrected chi connectivity index (χ4v) is 3.32. The van der Waals surface area contributed by atoms with E-state index in [1.807, 2.05) is 36.4 Å². The zero-order chi connectivity index (χ0) is 18.2. The van der Waals surface area contributed by atoms with Crippen molar-refractivity contribution in [3.05, 3.63) is 54.1 Å². The summed E-state index contributed by atoms with van der Waals surface area (Å²) in [7, 11) is 1.67. The van der Waals surface area contributed by atoms with Gasteiger partial charge in [0, 0.05) is 12.2 Å². The van der Waals surface area contributed by atoms with E-state index >= 15 is 0 Å². The van der Waals surface area contributed by atoms with Gasteiger partial charge in [-0.1, -0.05) is 12.1 Å². The average molecular weight is 371 g/mol. The van der Waals surface area contributed by atoms with Crippen molar-refractivity contribution in [2.45, 2.75) is 38.2 Å². The maximum atomic E-state index is 5.98. The van der Waals surface area contributed by atoms with Crippen molar-refractivity contribution in [2.75, 3.05) is 19.0 Å². The summed E-state index contributed by atoms with van der Waals surface area (Å²) in [5.41, 5.74) is 2.21. The number of hydrogen-bond acceptors (Lipinski definition) is 3. The van der Waals surface area contributed by atoms with Crippen molar-refractivity contribution in [2.24, 2.45) is 0 Å². The number of benzene rings is 2. The lowest BCUT2D eigenvalue weighted by molar-refractivity contribution is 0.210. The van der Waals surface area contributed by atoms with Crippen molar-refractivity contribution >= 4 is 23.0 Å². The Bertz CT molecular complexity index is 695. The summed E-state index contributed by atoms with van der Waals surface area (Å²) in [5.74, 6) is 1.81. The van der Waals surface area contributed by atoms with E-state index in [-0.39, 0.29) is 0 Å². The topological polar surface area (TPSA) is 42.5 Å². The van der Waals surface area contributed by atoms with Crippen LogP contribution < -0.4 is 20.1 Å². The molecule has 0 heterocycles. The molecule has 0 unspecified atom stereocenters. The van der Waals surface area contributed by atoms with Gasteiger partial charge in [0.25, 0.3) is 0 Å². The third-order valence-electron chi connectivity index (χ3n) is 4.58. The highest BCUT2D eigenvalue weighted by Gasteiger charge is 2.16. The summed E-state index contributed by atoms with van der Waals surface area (Å²) in [6.45, 7) is 0.779. The maximum absolute atomic E-state index is 5.98. The van der Waals surface area contributed by atoms with Gasteiger partial charge in [0.1, 0.15) is 11.5 Å². The summed E-state index contributed by atoms with van der Waals surface area (Å²) in [5, 5.41) is 7.08.